The van der Waals surface area contributed by atoms with Gasteiger partial charge in [0.15, 0.2) is 0 Å². The van der Waals surface area contributed by atoms with E-state index in [2.05, 4.69) is 70.3 Å². The first-order valence-electron chi connectivity index (χ1n) is 17.0. The Hall–Kier alpha value is -3.61. The monoisotopic (exact) mass is 609 g/mol. The summed E-state index contributed by atoms with van der Waals surface area (Å²) in [5, 5.41) is 4.63. The zero-order valence-electron chi connectivity index (χ0n) is 27.1. The van der Waals surface area contributed by atoms with Crippen LogP contribution in [-0.4, -0.2) is 42.4 Å². The molecule has 5 aliphatic rings. The highest BCUT2D eigenvalue weighted by Crippen LogP contribution is 2.58. The molecule has 1 amide bonds. The Morgan fingerprint density at radius 1 is 0.889 bits per heavy atom. The number of benzene rings is 2. The van der Waals surface area contributed by atoms with Crippen LogP contribution < -0.4 is 9.64 Å². The molecule has 0 radical (unpaired) electrons. The van der Waals surface area contributed by atoms with E-state index in [1.807, 2.05) is 6.20 Å². The number of ether oxygens (including phenoxy) is 2. The first-order chi connectivity index (χ1) is 21.8. The lowest BCUT2D eigenvalue weighted by atomic mass is 9.51. The number of aryl methyl sites for hydroxylation is 1. The third-order valence-corrected chi connectivity index (χ3v) is 11.8. The van der Waals surface area contributed by atoms with Crippen LogP contribution in [0.5, 0.6) is 5.75 Å². The van der Waals surface area contributed by atoms with E-state index in [0.717, 1.165) is 80.5 Å². The first-order valence-corrected chi connectivity index (χ1v) is 17.0. The van der Waals surface area contributed by atoms with E-state index in [1.54, 1.807) is 7.11 Å². The molecule has 0 unspecified atom stereocenters. The van der Waals surface area contributed by atoms with Gasteiger partial charge in [-0.15, -0.1) is 0 Å². The molecule has 0 saturated heterocycles. The second-order valence-corrected chi connectivity index (χ2v) is 14.5. The van der Waals surface area contributed by atoms with Gasteiger partial charge in [0.1, 0.15) is 5.75 Å². The van der Waals surface area contributed by atoms with Crippen molar-refractivity contribution >= 4 is 17.6 Å². The molecule has 45 heavy (non-hydrogen) atoms. The molecular weight excluding hydrogens is 562 g/mol. The summed E-state index contributed by atoms with van der Waals surface area (Å²) in [6.07, 6.45) is 16.3. The second-order valence-electron chi connectivity index (χ2n) is 14.5. The normalized spacial score (nSPS) is 27.6. The SMILES string of the molecule is COC(=O)C1CCC(C(=O)N(CC23CCC(c4ccc(OC)c(C)c4)(CC2)CC3)c2cccc(-c3cnn(C4CC4)c3)c2)CC1. The Bertz CT molecular complexity index is 1540. The fourth-order valence-corrected chi connectivity index (χ4v) is 8.62. The largest absolute Gasteiger partial charge is 0.496 e. The van der Waals surface area contributed by atoms with Gasteiger partial charge >= 0.3 is 5.97 Å². The molecule has 7 heteroatoms. The van der Waals surface area contributed by atoms with Crippen molar-refractivity contribution in [2.24, 2.45) is 17.3 Å². The molecular formula is C38H47N3O4. The maximum absolute atomic E-state index is 14.5. The number of aromatic nitrogens is 2. The van der Waals surface area contributed by atoms with Crippen LogP contribution in [0.25, 0.3) is 11.1 Å². The van der Waals surface area contributed by atoms with E-state index >= 15 is 0 Å². The number of carbonyl (C=O) groups excluding carboxylic acids is 2. The van der Waals surface area contributed by atoms with E-state index in [9.17, 15) is 9.59 Å². The van der Waals surface area contributed by atoms with E-state index < -0.39 is 0 Å². The molecule has 238 valence electrons. The minimum Gasteiger partial charge on any atom is -0.496 e. The van der Waals surface area contributed by atoms with Crippen molar-refractivity contribution in [1.29, 1.82) is 0 Å². The molecule has 1 aromatic heterocycles. The average Bonchev–Trinajstić information content (AvgIpc) is 3.83. The Morgan fingerprint density at radius 3 is 2.24 bits per heavy atom. The van der Waals surface area contributed by atoms with E-state index in [1.165, 1.54) is 31.1 Å². The highest BCUT2D eigenvalue weighted by molar-refractivity contribution is 5.96. The number of nitrogens with zero attached hydrogens (tertiary/aromatic N) is 3. The molecule has 5 saturated carbocycles. The van der Waals surface area contributed by atoms with Crippen LogP contribution in [0.15, 0.2) is 54.9 Å². The number of anilines is 1. The van der Waals surface area contributed by atoms with E-state index in [-0.39, 0.29) is 34.5 Å². The van der Waals surface area contributed by atoms with Gasteiger partial charge in [-0.2, -0.15) is 5.10 Å². The molecule has 0 aliphatic heterocycles. The highest BCUT2D eigenvalue weighted by Gasteiger charge is 2.50. The van der Waals surface area contributed by atoms with Crippen LogP contribution in [-0.2, 0) is 19.7 Å². The summed E-state index contributed by atoms with van der Waals surface area (Å²) >= 11 is 0. The molecule has 0 spiro atoms. The predicted molar refractivity (Wildman–Crippen MR) is 175 cm³/mol. The minimum absolute atomic E-state index is 0.0721. The van der Waals surface area contributed by atoms with Crippen molar-refractivity contribution in [2.75, 3.05) is 25.7 Å². The number of methoxy groups -OCH3 is 2. The first kappa shape index (κ1) is 30.1. The standard InChI is InChI=1S/C38H47N3O4/c1-26-21-31(11-14-34(26)44-2)38-18-15-37(16-19-38,17-20-38)25-40(35(42)27-7-9-28(10-8-27)36(43)45-3)33-6-4-5-29(22-33)30-23-39-41(24-30)32-12-13-32/h4-6,11,14,21-24,27-28,32H,7-10,12-13,15-20,25H2,1-3H3. The lowest BCUT2D eigenvalue weighted by molar-refractivity contribution is -0.147. The van der Waals surface area contributed by atoms with Gasteiger partial charge in [-0.05, 0) is 130 Å². The highest BCUT2D eigenvalue weighted by atomic mass is 16.5. The van der Waals surface area contributed by atoms with Crippen LogP contribution in [0, 0.1) is 24.2 Å². The van der Waals surface area contributed by atoms with Crippen molar-refractivity contribution in [3.05, 3.63) is 66.0 Å². The third-order valence-electron chi connectivity index (χ3n) is 11.8. The quantitative estimate of drug-likeness (QED) is 0.232. The summed E-state index contributed by atoms with van der Waals surface area (Å²) in [6, 6.07) is 15.8. The Balaban J connectivity index is 1.14. The summed E-state index contributed by atoms with van der Waals surface area (Å²) in [4.78, 5) is 28.9. The van der Waals surface area contributed by atoms with Crippen LogP contribution >= 0.6 is 0 Å². The number of fused-ring (bicyclic) bond motifs is 3. The number of carbonyl (C=O) groups is 2. The number of amides is 1. The third kappa shape index (κ3) is 5.79. The van der Waals surface area contributed by atoms with Crippen LogP contribution in [0.4, 0.5) is 5.69 Å². The molecule has 0 N–H and O–H groups in total. The van der Waals surface area contributed by atoms with Crippen LogP contribution in [0.3, 0.4) is 0 Å². The number of hydrogen-bond donors (Lipinski definition) is 0. The molecule has 2 bridgehead atoms. The van der Waals surface area contributed by atoms with Gasteiger partial charge in [-0.3, -0.25) is 14.3 Å². The molecule has 1 heterocycles. The smallest absolute Gasteiger partial charge is 0.308 e. The zero-order valence-corrected chi connectivity index (χ0v) is 27.1. The molecule has 7 nitrogen and oxygen atoms in total. The predicted octanol–water partition coefficient (Wildman–Crippen LogP) is 7.81. The molecule has 0 atom stereocenters. The molecule has 8 rings (SSSR count). The number of rotatable bonds is 9. The van der Waals surface area contributed by atoms with Crippen molar-refractivity contribution in [1.82, 2.24) is 9.78 Å². The van der Waals surface area contributed by atoms with E-state index in [0.29, 0.717) is 18.9 Å². The summed E-state index contributed by atoms with van der Waals surface area (Å²) in [6.45, 7) is 2.90. The molecule has 3 aromatic rings. The summed E-state index contributed by atoms with van der Waals surface area (Å²) < 4.78 is 12.7. The summed E-state index contributed by atoms with van der Waals surface area (Å²) in [7, 11) is 3.20. The lowest BCUT2D eigenvalue weighted by Crippen LogP contribution is -2.51. The Labute approximate surface area is 267 Å². The van der Waals surface area contributed by atoms with Gasteiger partial charge in [0.25, 0.3) is 0 Å². The van der Waals surface area contributed by atoms with Gasteiger partial charge < -0.3 is 14.4 Å². The van der Waals surface area contributed by atoms with Crippen molar-refractivity contribution in [2.45, 2.75) is 95.4 Å². The minimum atomic E-state index is -0.143. The molecule has 5 fully saturated rings. The van der Waals surface area contributed by atoms with Crippen LogP contribution in [0.2, 0.25) is 0 Å². The number of esters is 1. The average molecular weight is 610 g/mol. The fourth-order valence-electron chi connectivity index (χ4n) is 8.62. The van der Waals surface area contributed by atoms with E-state index in [4.69, 9.17) is 9.47 Å². The van der Waals surface area contributed by atoms with Gasteiger partial charge in [0.2, 0.25) is 5.91 Å². The lowest BCUT2D eigenvalue weighted by Gasteiger charge is -2.55. The van der Waals surface area contributed by atoms with Crippen molar-refractivity contribution < 1.29 is 19.1 Å². The van der Waals surface area contributed by atoms with Gasteiger partial charge in [0, 0.05) is 29.9 Å². The topological polar surface area (TPSA) is 73.7 Å². The van der Waals surface area contributed by atoms with Crippen molar-refractivity contribution in [3.63, 3.8) is 0 Å². The fraction of sp³-hybridized carbons (Fsp3) is 0.553. The molecule has 2 aromatic carbocycles. The van der Waals surface area contributed by atoms with Gasteiger partial charge in [-0.1, -0.05) is 24.3 Å². The maximum Gasteiger partial charge on any atom is 0.308 e. The maximum atomic E-state index is 14.5. The second kappa shape index (κ2) is 12.0. The van der Waals surface area contributed by atoms with Crippen molar-refractivity contribution in [3.8, 4) is 16.9 Å². The van der Waals surface area contributed by atoms with Gasteiger partial charge in [-0.25, -0.2) is 0 Å². The summed E-state index contributed by atoms with van der Waals surface area (Å²) in [5.74, 6) is 0.858. The zero-order chi connectivity index (χ0) is 31.2. The number of hydrogen-bond acceptors (Lipinski definition) is 5. The van der Waals surface area contributed by atoms with Crippen LogP contribution in [0.1, 0.15) is 94.2 Å². The molecule has 5 aliphatic carbocycles. The summed E-state index contributed by atoms with van der Waals surface area (Å²) in [5.41, 5.74) is 6.18. The van der Waals surface area contributed by atoms with Gasteiger partial charge in [0.05, 0.1) is 32.4 Å². The Morgan fingerprint density at radius 2 is 1.60 bits per heavy atom. The Kier molecular flexibility index (Phi) is 7.99.